The molecule has 6 aromatic rings. The van der Waals surface area contributed by atoms with E-state index >= 15 is 17.6 Å². The fourth-order valence-corrected chi connectivity index (χ4v) is 23.0. The molecule has 0 spiro atoms. The fraction of sp³-hybridized carbons (Fsp3) is 0.136. The van der Waals surface area contributed by atoms with Crippen molar-refractivity contribution in [1.82, 2.24) is 0 Å². The van der Waals surface area contributed by atoms with Crippen molar-refractivity contribution in [1.29, 1.82) is 42.1 Å². The highest BCUT2D eigenvalue weighted by atomic mass is 32.5. The van der Waals surface area contributed by atoms with Crippen LogP contribution in [0, 0.1) is 201 Å². The standard InChI is InChI=1S/C30H6F10N4.C20H6F6N4O4S2.C20H6F6N4S2.C18H6F10N4S2/c1-43-30(44-2)10-5-14-15(6-10)17(19-22(33)26(37)29(40)27(38)23(19)34)13-4-9(11(7-41)8-42)3-12(13)16(14)18-20(31)24(35)28(39)25(36)21(18)32;1-29-18(30-2)10-5-14-15(6-10)17(36(33,34)20(24,25)26)13-4-9(11(7-27)8-28)3-12(13)16(14)35(31,32)19(21,22)23;1-29-18(30-2)10-5-14-15(6-10)17(32-20(24,25)26)13-4-9(11(7-27)8-28)3-12(13)16(14)31-19(21,22)23;1-31-18(32-2)10-5-14-15(6-10)17(34(24,25,26,27)28)13-4-9(11(7-29)8-30)3-12(13)16(14)33(19,20,21,22)23/h3,6H,4-5H2;3,6H,4-5H2;3,6H,4-5H2;3,6H,4-5H2. The van der Waals surface area contributed by atoms with E-state index in [4.69, 9.17) is 84.1 Å². The zero-order chi connectivity index (χ0) is 110. The molecule has 58 heteroatoms. The third-order valence-corrected chi connectivity index (χ3v) is 29.3. The van der Waals surface area contributed by atoms with Crippen molar-refractivity contribution < 1.29 is 152 Å². The van der Waals surface area contributed by atoms with Crippen LogP contribution in [0.2, 0.25) is 0 Å². The van der Waals surface area contributed by atoms with Crippen LogP contribution < -0.4 is 41.7 Å². The zero-order valence-corrected chi connectivity index (χ0v) is 74.5. The van der Waals surface area contributed by atoms with E-state index < -0.39 is 357 Å². The van der Waals surface area contributed by atoms with E-state index in [0.29, 0.717) is 12.2 Å². The molecule has 0 aromatic heterocycles. The van der Waals surface area contributed by atoms with E-state index in [1.165, 1.54) is 24.3 Å². The van der Waals surface area contributed by atoms with Gasteiger partial charge in [-0.3, -0.25) is 0 Å². The summed E-state index contributed by atoms with van der Waals surface area (Å²) in [6.45, 7) is 56.3. The number of nitriles is 8. The number of allylic oxidation sites excluding steroid dienone is 12. The van der Waals surface area contributed by atoms with E-state index in [1.54, 1.807) is 12.1 Å². The van der Waals surface area contributed by atoms with Crippen LogP contribution in [0.5, 0.6) is 0 Å². The lowest BCUT2D eigenvalue weighted by Crippen LogP contribution is -2.38. The van der Waals surface area contributed by atoms with Crippen LogP contribution in [0.1, 0.15) is 44.5 Å². The Morgan fingerprint density at radius 2 is 0.459 bits per heavy atom. The minimum Gasteiger partial charge on any atom is -0.214 e. The number of benzene rings is 6. The molecule has 0 heterocycles. The van der Waals surface area contributed by atoms with Gasteiger partial charge in [0.25, 0.3) is 19.7 Å². The molecule has 0 bridgehead atoms. The second-order valence-corrected chi connectivity index (χ2v) is 40.6. The summed E-state index contributed by atoms with van der Waals surface area (Å²) in [5, 5.41) is 65.6. The molecule has 0 radical (unpaired) electrons. The quantitative estimate of drug-likeness (QED) is 0.0342. The van der Waals surface area contributed by atoms with Gasteiger partial charge in [0.2, 0.25) is 11.6 Å². The first-order valence-electron chi connectivity index (χ1n) is 37.6. The lowest BCUT2D eigenvalue weighted by molar-refractivity contribution is -0.0445. The molecule has 8 aliphatic carbocycles. The first kappa shape index (κ1) is 109. The lowest BCUT2D eigenvalue weighted by atomic mass is 9.86. The molecule has 0 fully saturated rings. The number of fused-ring (bicyclic) bond motifs is 8. The Kier molecular flexibility index (Phi) is 27.1. The van der Waals surface area contributed by atoms with E-state index in [1.807, 2.05) is 0 Å². The van der Waals surface area contributed by atoms with Gasteiger partial charge in [0.15, 0.2) is 46.5 Å². The normalized spacial score (nSPS) is 15.0. The maximum atomic E-state index is 15.3. The van der Waals surface area contributed by atoms with Gasteiger partial charge in [-0.05, 0) is 183 Å². The van der Waals surface area contributed by atoms with Crippen LogP contribution in [-0.2, 0) is 71.0 Å². The Hall–Kier alpha value is -16.9. The molecule has 8 aliphatic rings. The predicted octanol–water partition coefficient (Wildman–Crippen LogP) is 20.9. The fourth-order valence-electron chi connectivity index (χ4n) is 16.4. The van der Waals surface area contributed by atoms with Crippen molar-refractivity contribution in [2.24, 2.45) is 0 Å². The Balaban J connectivity index is 0.000000187. The maximum absolute atomic E-state index is 15.3. The van der Waals surface area contributed by atoms with Crippen molar-refractivity contribution >= 4 is 112 Å². The van der Waals surface area contributed by atoms with Crippen molar-refractivity contribution in [2.75, 3.05) is 0 Å². The molecule has 14 rings (SSSR count). The highest BCUT2D eigenvalue weighted by Crippen LogP contribution is 3.04. The molecule has 146 heavy (non-hydrogen) atoms. The number of alkyl halides is 12. The molecule has 0 N–H and O–H groups in total. The number of halogens is 32. The van der Waals surface area contributed by atoms with Crippen molar-refractivity contribution in [3.05, 3.63) is 326 Å². The highest BCUT2D eigenvalue weighted by molar-refractivity contribution is 8.46. The number of thioether (sulfide) groups is 2. The molecule has 0 unspecified atom stereocenters. The number of sulfone groups is 2. The molecular weight excluding hydrogens is 2150 g/mol. The van der Waals surface area contributed by atoms with E-state index in [9.17, 15) is 145 Å². The average Bonchev–Trinajstić information content (AvgIpc) is 1.49. The van der Waals surface area contributed by atoms with Crippen LogP contribution in [-0.4, -0.2) is 38.9 Å². The summed E-state index contributed by atoms with van der Waals surface area (Å²) in [5.41, 5.74) is -39.3. The van der Waals surface area contributed by atoms with Crippen molar-refractivity contribution in [3.63, 3.8) is 0 Å². The van der Waals surface area contributed by atoms with Crippen molar-refractivity contribution in [3.8, 4) is 70.8 Å². The smallest absolute Gasteiger partial charge is 0.214 e. The average molecular weight is 2170 g/mol. The Bertz CT molecular complexity index is 8470. The summed E-state index contributed by atoms with van der Waals surface area (Å²) >= 11 is -1.02. The third kappa shape index (κ3) is 19.4. The molecule has 0 saturated heterocycles. The van der Waals surface area contributed by atoms with Gasteiger partial charge in [-0.15, -0.1) is 0 Å². The SMILES string of the molecule is [C-]#[N+]C([N+]#[C-])=C1C=c2c(c(-c3c(F)c(F)c(F)c(F)c3F)c3c(c2-c2c(F)c(F)c(F)c(F)c2F)CC(=C(C#N)C#N)C=3)C1.[C-]#[N+]C([N+]#[C-])=C1C=c2c(c(S(=O)(=O)C(F)(F)F)c3c(c2S(=O)(=O)C(F)(F)F)CC(=C(C#N)C#N)C=3)C1.[C-]#[N+]C([N+]#[C-])=C1C=c2c(c(S(F)(F)(F)(F)F)c3c(c2S(F)(F)(F)(F)F)CC(=C(C#N)C#N)C=3)C1.[C-]#[N+]C([N+]#[C-])=C1C=c2c(c(SC(F)(F)F)c3c(c2SC(F)(F)F)CC(=C(C#N)C#N)C=3)C1. The highest BCUT2D eigenvalue weighted by Gasteiger charge is 2.72. The van der Waals surface area contributed by atoms with Gasteiger partial charge in [-0.25, -0.2) is 60.7 Å². The Morgan fingerprint density at radius 3 is 0.719 bits per heavy atom. The monoisotopic (exact) mass is 2170 g/mol. The number of nitrogens with zero attached hydrogens (tertiary/aromatic N) is 16. The molecule has 6 aromatic carbocycles. The van der Waals surface area contributed by atoms with Gasteiger partial charge in [0.1, 0.15) is 133 Å². The summed E-state index contributed by atoms with van der Waals surface area (Å²) in [6, 6.07) is 11.3. The van der Waals surface area contributed by atoms with Gasteiger partial charge in [-0.2, -0.15) is 134 Å². The van der Waals surface area contributed by atoms with Gasteiger partial charge < -0.3 is 0 Å². The predicted molar refractivity (Wildman–Crippen MR) is 446 cm³/mol. The summed E-state index contributed by atoms with van der Waals surface area (Å²) in [4.78, 5) is 13.2. The second kappa shape index (κ2) is 36.2. The Morgan fingerprint density at radius 1 is 0.267 bits per heavy atom. The van der Waals surface area contributed by atoms with E-state index in [0.717, 1.165) is 36.4 Å². The van der Waals surface area contributed by atoms with Crippen LogP contribution in [0.25, 0.3) is 110 Å². The number of hydrogen-bond donors (Lipinski definition) is 0. The van der Waals surface area contributed by atoms with Gasteiger partial charge in [0.05, 0.1) is 43.2 Å². The molecular formula is C88H24F32N16O4S6. The Labute approximate surface area is 801 Å². The summed E-state index contributed by atoms with van der Waals surface area (Å²) < 4.78 is 500. The summed E-state index contributed by atoms with van der Waals surface area (Å²) in [6.07, 6.45) is -1.67. The van der Waals surface area contributed by atoms with Crippen LogP contribution in [0.4, 0.5) is 135 Å². The second-order valence-electron chi connectivity index (χ2n) is 30.0. The molecule has 20 nitrogen and oxygen atoms in total. The molecule has 0 saturated carbocycles. The van der Waals surface area contributed by atoms with Gasteiger partial charge >= 0.3 is 65.8 Å². The first-order chi connectivity index (χ1) is 67.2. The van der Waals surface area contributed by atoms with Gasteiger partial charge in [-0.1, -0.05) is 63.2 Å². The summed E-state index contributed by atoms with van der Waals surface area (Å²) in [7, 11) is -34.5. The molecule has 0 aliphatic heterocycles. The first-order valence-corrected chi connectivity index (χ1v) is 46.1. The molecule has 0 amide bonds. The minimum atomic E-state index is -10.9. The minimum absolute atomic E-state index is 0.0282. The van der Waals surface area contributed by atoms with Gasteiger partial charge in [0, 0.05) is 45.9 Å². The third-order valence-electron chi connectivity index (χ3n) is 21.8. The zero-order valence-electron chi connectivity index (χ0n) is 69.6. The molecule has 740 valence electrons. The van der Waals surface area contributed by atoms with Crippen LogP contribution in [0.15, 0.2) is 120 Å². The maximum Gasteiger partial charge on any atom is 0.522 e. The molecule has 0 atom stereocenters. The van der Waals surface area contributed by atoms with Crippen LogP contribution >= 0.6 is 44.0 Å². The van der Waals surface area contributed by atoms with Crippen molar-refractivity contribution in [2.45, 2.75) is 103 Å². The van der Waals surface area contributed by atoms with Crippen LogP contribution in [0.3, 0.4) is 0 Å². The largest absolute Gasteiger partial charge is 0.522 e. The lowest BCUT2D eigenvalue weighted by Gasteiger charge is -2.45. The number of hydrogen-bond acceptors (Lipinski definition) is 14. The van der Waals surface area contributed by atoms with E-state index in [2.05, 4.69) is 38.8 Å². The topological polar surface area (TPSA) is 293 Å². The number of rotatable bonds is 8. The summed E-state index contributed by atoms with van der Waals surface area (Å²) in [5.74, 6) is -27.0. The van der Waals surface area contributed by atoms with E-state index in [-0.39, 0.29) is 78.6 Å².